The van der Waals surface area contributed by atoms with Gasteiger partial charge >= 0.3 is 0 Å². The highest BCUT2D eigenvalue weighted by molar-refractivity contribution is 5.96. The molecule has 0 aliphatic carbocycles. The molecule has 0 unspecified atom stereocenters. The lowest BCUT2D eigenvalue weighted by Gasteiger charge is -2.13. The van der Waals surface area contributed by atoms with Crippen LogP contribution in [0.3, 0.4) is 0 Å². The van der Waals surface area contributed by atoms with E-state index >= 15 is 0 Å². The molecule has 0 aliphatic heterocycles. The third-order valence-corrected chi connectivity index (χ3v) is 4.51. The van der Waals surface area contributed by atoms with Crippen molar-refractivity contribution in [1.82, 2.24) is 14.9 Å². The SMILES string of the molecule is CCOCCCNC(=O)c1cc2cccnc2n(Cc2ccc(C)cc2)c1=O. The zero-order valence-corrected chi connectivity index (χ0v) is 16.3. The molecule has 6 nitrogen and oxygen atoms in total. The molecular formula is C22H25N3O3. The molecule has 2 aromatic heterocycles. The molecular weight excluding hydrogens is 354 g/mol. The van der Waals surface area contributed by atoms with Crippen molar-refractivity contribution in [3.63, 3.8) is 0 Å². The zero-order chi connectivity index (χ0) is 19.9. The van der Waals surface area contributed by atoms with E-state index in [0.29, 0.717) is 38.4 Å². The summed E-state index contributed by atoms with van der Waals surface area (Å²) in [5, 5.41) is 3.57. The van der Waals surface area contributed by atoms with E-state index in [9.17, 15) is 9.59 Å². The van der Waals surface area contributed by atoms with E-state index in [0.717, 1.165) is 16.5 Å². The normalized spacial score (nSPS) is 10.9. The Labute approximate surface area is 164 Å². The van der Waals surface area contributed by atoms with E-state index in [1.807, 2.05) is 44.2 Å². The second kappa shape index (κ2) is 9.28. The zero-order valence-electron chi connectivity index (χ0n) is 16.3. The topological polar surface area (TPSA) is 73.2 Å². The summed E-state index contributed by atoms with van der Waals surface area (Å²) >= 11 is 0. The minimum Gasteiger partial charge on any atom is -0.382 e. The fraction of sp³-hybridized carbons (Fsp3) is 0.318. The average Bonchev–Trinajstić information content (AvgIpc) is 2.71. The molecule has 0 aliphatic rings. The molecule has 28 heavy (non-hydrogen) atoms. The molecule has 0 spiro atoms. The molecule has 0 atom stereocenters. The maximum atomic E-state index is 13.1. The molecule has 1 amide bonds. The van der Waals surface area contributed by atoms with E-state index < -0.39 is 0 Å². The summed E-state index contributed by atoms with van der Waals surface area (Å²) in [6.07, 6.45) is 2.35. The monoisotopic (exact) mass is 379 g/mol. The Morgan fingerprint density at radius 3 is 2.75 bits per heavy atom. The summed E-state index contributed by atoms with van der Waals surface area (Å²) in [6.45, 7) is 5.99. The standard InChI is InChI=1S/C22H25N3O3/c1-3-28-13-5-12-24-21(26)19-14-18-6-4-11-23-20(18)25(22(19)27)15-17-9-7-16(2)8-10-17/h4,6-11,14H,3,5,12-13,15H2,1-2H3,(H,24,26). The van der Waals surface area contributed by atoms with Crippen molar-refractivity contribution in [2.45, 2.75) is 26.8 Å². The van der Waals surface area contributed by atoms with Crippen LogP contribution < -0.4 is 10.9 Å². The number of benzene rings is 1. The number of pyridine rings is 2. The van der Waals surface area contributed by atoms with Gasteiger partial charge in [0.2, 0.25) is 0 Å². The smallest absolute Gasteiger partial charge is 0.265 e. The fourth-order valence-electron chi connectivity index (χ4n) is 3.01. The Morgan fingerprint density at radius 1 is 1.21 bits per heavy atom. The van der Waals surface area contributed by atoms with Gasteiger partial charge in [-0.05, 0) is 44.0 Å². The van der Waals surface area contributed by atoms with Crippen molar-refractivity contribution in [3.8, 4) is 0 Å². The summed E-state index contributed by atoms with van der Waals surface area (Å²) in [5.74, 6) is -0.370. The highest BCUT2D eigenvalue weighted by Gasteiger charge is 2.16. The molecule has 1 N–H and O–H groups in total. The van der Waals surface area contributed by atoms with Gasteiger partial charge in [-0.3, -0.25) is 14.2 Å². The van der Waals surface area contributed by atoms with Crippen LogP contribution in [0.5, 0.6) is 0 Å². The Kier molecular flexibility index (Phi) is 6.55. The van der Waals surface area contributed by atoms with Gasteiger partial charge in [-0.15, -0.1) is 0 Å². The second-order valence-corrected chi connectivity index (χ2v) is 6.66. The maximum absolute atomic E-state index is 13.1. The minimum absolute atomic E-state index is 0.129. The number of nitrogens with one attached hydrogen (secondary N) is 1. The molecule has 3 aromatic rings. The largest absolute Gasteiger partial charge is 0.382 e. The molecule has 3 rings (SSSR count). The van der Waals surface area contributed by atoms with E-state index in [1.54, 1.807) is 22.9 Å². The number of fused-ring (bicyclic) bond motifs is 1. The van der Waals surface area contributed by atoms with Gasteiger partial charge in [0.1, 0.15) is 11.2 Å². The van der Waals surface area contributed by atoms with Crippen LogP contribution >= 0.6 is 0 Å². The van der Waals surface area contributed by atoms with Crippen LogP contribution in [0.4, 0.5) is 0 Å². The Bertz CT molecular complexity index is 1010. The highest BCUT2D eigenvalue weighted by Crippen LogP contribution is 2.13. The maximum Gasteiger partial charge on any atom is 0.265 e. The third-order valence-electron chi connectivity index (χ3n) is 4.51. The van der Waals surface area contributed by atoms with E-state index in [4.69, 9.17) is 4.74 Å². The number of amides is 1. The molecule has 2 heterocycles. The van der Waals surface area contributed by atoms with Gasteiger partial charge < -0.3 is 10.1 Å². The van der Waals surface area contributed by atoms with Crippen molar-refractivity contribution in [1.29, 1.82) is 0 Å². The minimum atomic E-state index is -0.370. The predicted octanol–water partition coefficient (Wildman–Crippen LogP) is 2.91. The Hall–Kier alpha value is -2.99. The first-order valence-corrected chi connectivity index (χ1v) is 9.50. The quantitative estimate of drug-likeness (QED) is 0.611. The van der Waals surface area contributed by atoms with Crippen LogP contribution in [0.15, 0.2) is 53.5 Å². The number of rotatable bonds is 8. The van der Waals surface area contributed by atoms with Crippen LogP contribution in [0.25, 0.3) is 11.0 Å². The third kappa shape index (κ3) is 4.64. The number of aromatic nitrogens is 2. The lowest BCUT2D eigenvalue weighted by atomic mass is 10.1. The summed E-state index contributed by atoms with van der Waals surface area (Å²) in [5.41, 5.74) is 2.49. The Morgan fingerprint density at radius 2 is 2.00 bits per heavy atom. The van der Waals surface area contributed by atoms with Crippen LogP contribution in [-0.4, -0.2) is 35.2 Å². The van der Waals surface area contributed by atoms with Gasteiger partial charge in [-0.2, -0.15) is 0 Å². The number of carbonyl (C=O) groups is 1. The summed E-state index contributed by atoms with van der Waals surface area (Å²) in [6, 6.07) is 13.3. The van der Waals surface area contributed by atoms with Crippen LogP contribution in [0.2, 0.25) is 0 Å². The predicted molar refractivity (Wildman–Crippen MR) is 110 cm³/mol. The van der Waals surface area contributed by atoms with E-state index in [2.05, 4.69) is 10.3 Å². The molecule has 146 valence electrons. The lowest BCUT2D eigenvalue weighted by Crippen LogP contribution is -2.34. The van der Waals surface area contributed by atoms with Crippen molar-refractivity contribution >= 4 is 16.9 Å². The van der Waals surface area contributed by atoms with E-state index in [-0.39, 0.29) is 17.0 Å². The van der Waals surface area contributed by atoms with Gasteiger partial charge in [0.05, 0.1) is 6.54 Å². The highest BCUT2D eigenvalue weighted by atomic mass is 16.5. The van der Waals surface area contributed by atoms with Gasteiger partial charge in [-0.25, -0.2) is 4.98 Å². The number of carbonyl (C=O) groups excluding carboxylic acids is 1. The van der Waals surface area contributed by atoms with Crippen LogP contribution in [0, 0.1) is 6.92 Å². The summed E-state index contributed by atoms with van der Waals surface area (Å²) in [4.78, 5) is 30.0. The average molecular weight is 379 g/mol. The van der Waals surface area contributed by atoms with Gasteiger partial charge in [0.15, 0.2) is 0 Å². The van der Waals surface area contributed by atoms with Crippen molar-refractivity contribution in [2.24, 2.45) is 0 Å². The molecule has 0 radical (unpaired) electrons. The second-order valence-electron chi connectivity index (χ2n) is 6.66. The molecule has 0 saturated heterocycles. The molecule has 0 fully saturated rings. The van der Waals surface area contributed by atoms with Crippen LogP contribution in [0.1, 0.15) is 34.8 Å². The summed E-state index contributed by atoms with van der Waals surface area (Å²) in [7, 11) is 0. The van der Waals surface area contributed by atoms with Gasteiger partial charge in [0.25, 0.3) is 11.5 Å². The number of hydrogen-bond acceptors (Lipinski definition) is 4. The van der Waals surface area contributed by atoms with Crippen molar-refractivity contribution < 1.29 is 9.53 Å². The number of aryl methyl sites for hydroxylation is 1. The number of ether oxygens (including phenoxy) is 1. The Balaban J connectivity index is 1.91. The van der Waals surface area contributed by atoms with Crippen molar-refractivity contribution in [3.05, 3.63) is 75.7 Å². The molecule has 6 heteroatoms. The first-order chi connectivity index (χ1) is 13.6. The number of nitrogens with zero attached hydrogens (tertiary/aromatic N) is 2. The number of hydrogen-bond donors (Lipinski definition) is 1. The van der Waals surface area contributed by atoms with Crippen LogP contribution in [-0.2, 0) is 11.3 Å². The van der Waals surface area contributed by atoms with E-state index in [1.165, 1.54) is 0 Å². The van der Waals surface area contributed by atoms with Gasteiger partial charge in [-0.1, -0.05) is 29.8 Å². The molecule has 0 saturated carbocycles. The lowest BCUT2D eigenvalue weighted by molar-refractivity contribution is 0.0942. The van der Waals surface area contributed by atoms with Gasteiger partial charge in [0, 0.05) is 31.3 Å². The molecule has 0 bridgehead atoms. The summed E-state index contributed by atoms with van der Waals surface area (Å²) < 4.78 is 6.84. The van der Waals surface area contributed by atoms with Crippen molar-refractivity contribution in [2.75, 3.05) is 19.8 Å². The first kappa shape index (κ1) is 19.8. The first-order valence-electron chi connectivity index (χ1n) is 9.50. The molecule has 1 aromatic carbocycles. The fourth-order valence-corrected chi connectivity index (χ4v) is 3.01.